The molecule has 0 saturated carbocycles. The van der Waals surface area contributed by atoms with Gasteiger partial charge in [0.15, 0.2) is 6.61 Å². The van der Waals surface area contributed by atoms with Gasteiger partial charge in [-0.2, -0.15) is 0 Å². The van der Waals surface area contributed by atoms with Gasteiger partial charge in [-0.25, -0.2) is 4.98 Å². The van der Waals surface area contributed by atoms with Crippen LogP contribution in [-0.2, 0) is 4.79 Å². The molecule has 0 spiro atoms. The van der Waals surface area contributed by atoms with Gasteiger partial charge in [0.25, 0.3) is 5.91 Å². The number of benzene rings is 2. The van der Waals surface area contributed by atoms with Crippen LogP contribution < -0.4 is 10.1 Å². The number of rotatable bonds is 6. The number of carbonyl (C=O) groups is 1. The molecular weight excluding hydrogens is 308 g/mol. The van der Waals surface area contributed by atoms with E-state index in [0.717, 1.165) is 22.5 Å². The Labute approximate surface area is 139 Å². The first-order valence-corrected chi connectivity index (χ1v) is 8.43. The monoisotopic (exact) mass is 326 g/mol. The smallest absolute Gasteiger partial charge is 0.257 e. The number of nitrogens with one attached hydrogen (secondary N) is 1. The summed E-state index contributed by atoms with van der Waals surface area (Å²) in [7, 11) is 0. The van der Waals surface area contributed by atoms with E-state index in [-0.39, 0.29) is 12.5 Å². The van der Waals surface area contributed by atoms with Crippen LogP contribution >= 0.6 is 11.3 Å². The minimum absolute atomic E-state index is 0.0421. The first-order valence-electron chi connectivity index (χ1n) is 7.62. The fraction of sp³-hybridized carbons (Fsp3) is 0.222. The summed E-state index contributed by atoms with van der Waals surface area (Å²) < 4.78 is 6.66. The Morgan fingerprint density at radius 2 is 1.96 bits per heavy atom. The second kappa shape index (κ2) is 7.24. The van der Waals surface area contributed by atoms with Crippen LogP contribution in [0.4, 0.5) is 0 Å². The molecule has 118 valence electrons. The van der Waals surface area contributed by atoms with E-state index in [9.17, 15) is 4.79 Å². The number of nitrogens with zero attached hydrogens (tertiary/aromatic N) is 1. The second-order valence-corrected chi connectivity index (χ2v) is 6.18. The highest BCUT2D eigenvalue weighted by molar-refractivity contribution is 7.21. The quantitative estimate of drug-likeness (QED) is 0.748. The van der Waals surface area contributed by atoms with Gasteiger partial charge in [0, 0.05) is 12.1 Å². The van der Waals surface area contributed by atoms with Crippen molar-refractivity contribution in [3.05, 3.63) is 48.5 Å². The van der Waals surface area contributed by atoms with Crippen LogP contribution in [0.3, 0.4) is 0 Å². The molecule has 4 nitrogen and oxygen atoms in total. The zero-order valence-electron chi connectivity index (χ0n) is 12.9. The third-order valence-corrected chi connectivity index (χ3v) is 4.42. The predicted octanol–water partition coefficient (Wildman–Crippen LogP) is 3.87. The Kier molecular flexibility index (Phi) is 4.88. The summed E-state index contributed by atoms with van der Waals surface area (Å²) in [5.41, 5.74) is 2.06. The van der Waals surface area contributed by atoms with E-state index in [1.807, 2.05) is 49.4 Å². The third kappa shape index (κ3) is 3.87. The Morgan fingerprint density at radius 3 is 2.70 bits per heavy atom. The lowest BCUT2D eigenvalue weighted by molar-refractivity contribution is -0.123. The number of para-hydroxylation sites is 1. The maximum atomic E-state index is 11.5. The molecule has 0 saturated heterocycles. The van der Waals surface area contributed by atoms with Gasteiger partial charge >= 0.3 is 0 Å². The molecule has 23 heavy (non-hydrogen) atoms. The van der Waals surface area contributed by atoms with Gasteiger partial charge in [-0.1, -0.05) is 19.1 Å². The number of ether oxygens (including phenoxy) is 1. The van der Waals surface area contributed by atoms with Crippen molar-refractivity contribution in [1.29, 1.82) is 0 Å². The highest BCUT2D eigenvalue weighted by atomic mass is 32.1. The molecule has 0 atom stereocenters. The molecule has 0 bridgehead atoms. The summed E-state index contributed by atoms with van der Waals surface area (Å²) in [5, 5.41) is 3.77. The Balaban J connectivity index is 1.66. The van der Waals surface area contributed by atoms with Crippen molar-refractivity contribution >= 4 is 27.5 Å². The van der Waals surface area contributed by atoms with Crippen molar-refractivity contribution in [3.8, 4) is 16.3 Å². The van der Waals surface area contributed by atoms with E-state index in [0.29, 0.717) is 12.3 Å². The zero-order valence-corrected chi connectivity index (χ0v) is 13.7. The van der Waals surface area contributed by atoms with Gasteiger partial charge in [-0.3, -0.25) is 4.79 Å². The topological polar surface area (TPSA) is 51.2 Å². The molecule has 1 aromatic heterocycles. The highest BCUT2D eigenvalue weighted by Gasteiger charge is 2.06. The van der Waals surface area contributed by atoms with Crippen LogP contribution in [-0.4, -0.2) is 24.0 Å². The van der Waals surface area contributed by atoms with E-state index in [2.05, 4.69) is 16.4 Å². The largest absolute Gasteiger partial charge is 0.484 e. The zero-order chi connectivity index (χ0) is 16.1. The summed E-state index contributed by atoms with van der Waals surface area (Å²) >= 11 is 1.67. The molecule has 3 aromatic rings. The third-order valence-electron chi connectivity index (χ3n) is 3.34. The van der Waals surface area contributed by atoms with E-state index in [1.165, 1.54) is 4.70 Å². The van der Waals surface area contributed by atoms with Crippen LogP contribution in [0.2, 0.25) is 0 Å². The first-order chi connectivity index (χ1) is 11.3. The Morgan fingerprint density at radius 1 is 1.17 bits per heavy atom. The van der Waals surface area contributed by atoms with Crippen LogP contribution in [0.1, 0.15) is 13.3 Å². The number of aromatic nitrogens is 1. The first kappa shape index (κ1) is 15.5. The molecule has 1 N–H and O–H groups in total. The van der Waals surface area contributed by atoms with E-state index >= 15 is 0 Å². The molecule has 5 heteroatoms. The molecule has 0 radical (unpaired) electrons. The average Bonchev–Trinajstić information content (AvgIpc) is 3.02. The van der Waals surface area contributed by atoms with Crippen LogP contribution in [0.25, 0.3) is 20.8 Å². The Bertz CT molecular complexity index is 763. The molecule has 2 aromatic carbocycles. The van der Waals surface area contributed by atoms with Crippen molar-refractivity contribution in [2.75, 3.05) is 13.2 Å². The molecule has 0 aliphatic rings. The van der Waals surface area contributed by atoms with Gasteiger partial charge in [0.1, 0.15) is 10.8 Å². The molecule has 0 unspecified atom stereocenters. The van der Waals surface area contributed by atoms with E-state index in [1.54, 1.807) is 11.3 Å². The SMILES string of the molecule is CCCNC(=O)COc1ccc(-c2nc3ccccc3s2)cc1. The molecule has 0 aliphatic carbocycles. The van der Waals surface area contributed by atoms with Crippen molar-refractivity contribution in [3.63, 3.8) is 0 Å². The van der Waals surface area contributed by atoms with Gasteiger partial charge in [-0.15, -0.1) is 11.3 Å². The summed E-state index contributed by atoms with van der Waals surface area (Å²) in [6.07, 6.45) is 0.919. The maximum absolute atomic E-state index is 11.5. The van der Waals surface area contributed by atoms with E-state index < -0.39 is 0 Å². The maximum Gasteiger partial charge on any atom is 0.257 e. The second-order valence-electron chi connectivity index (χ2n) is 5.15. The molecule has 0 fully saturated rings. The minimum atomic E-state index is -0.0953. The minimum Gasteiger partial charge on any atom is -0.484 e. The fourth-order valence-electron chi connectivity index (χ4n) is 2.15. The van der Waals surface area contributed by atoms with Crippen molar-refractivity contribution in [2.45, 2.75) is 13.3 Å². The predicted molar refractivity (Wildman–Crippen MR) is 93.9 cm³/mol. The van der Waals surface area contributed by atoms with E-state index in [4.69, 9.17) is 4.74 Å². The number of hydrogen-bond donors (Lipinski definition) is 1. The number of amides is 1. The fourth-order valence-corrected chi connectivity index (χ4v) is 3.12. The lowest BCUT2D eigenvalue weighted by Crippen LogP contribution is -2.29. The highest BCUT2D eigenvalue weighted by Crippen LogP contribution is 2.30. The number of carbonyl (C=O) groups excluding carboxylic acids is 1. The summed E-state index contributed by atoms with van der Waals surface area (Å²) in [4.78, 5) is 16.2. The van der Waals surface area contributed by atoms with Gasteiger partial charge < -0.3 is 10.1 Å². The molecule has 3 rings (SSSR count). The van der Waals surface area contributed by atoms with Gasteiger partial charge in [-0.05, 0) is 42.8 Å². The number of fused-ring (bicyclic) bond motifs is 1. The molecule has 0 aliphatic heterocycles. The lowest BCUT2D eigenvalue weighted by atomic mass is 10.2. The van der Waals surface area contributed by atoms with Crippen molar-refractivity contribution in [1.82, 2.24) is 10.3 Å². The molecule has 1 heterocycles. The normalized spacial score (nSPS) is 10.7. The molecular formula is C18H18N2O2S. The van der Waals surface area contributed by atoms with Crippen molar-refractivity contribution in [2.24, 2.45) is 0 Å². The summed E-state index contributed by atoms with van der Waals surface area (Å²) in [6, 6.07) is 15.8. The summed E-state index contributed by atoms with van der Waals surface area (Å²) in [5.74, 6) is 0.587. The Hall–Kier alpha value is -2.40. The van der Waals surface area contributed by atoms with Crippen LogP contribution in [0.5, 0.6) is 5.75 Å². The van der Waals surface area contributed by atoms with Crippen LogP contribution in [0, 0.1) is 0 Å². The number of hydrogen-bond acceptors (Lipinski definition) is 4. The van der Waals surface area contributed by atoms with Crippen LogP contribution in [0.15, 0.2) is 48.5 Å². The van der Waals surface area contributed by atoms with Gasteiger partial charge in [0.05, 0.1) is 10.2 Å². The van der Waals surface area contributed by atoms with Crippen molar-refractivity contribution < 1.29 is 9.53 Å². The average molecular weight is 326 g/mol. The molecule has 1 amide bonds. The summed E-state index contributed by atoms with van der Waals surface area (Å²) in [6.45, 7) is 2.74. The van der Waals surface area contributed by atoms with Gasteiger partial charge in [0.2, 0.25) is 0 Å². The number of thiazole rings is 1. The standard InChI is InChI=1S/C18H18N2O2S/c1-2-11-19-17(21)12-22-14-9-7-13(8-10-14)18-20-15-5-3-4-6-16(15)23-18/h3-10H,2,11-12H2,1H3,(H,19,21). The lowest BCUT2D eigenvalue weighted by Gasteiger charge is -2.07.